The maximum absolute atomic E-state index is 11.9. The van der Waals surface area contributed by atoms with E-state index in [1.165, 1.54) is 12.6 Å². The number of amides is 2. The molecule has 0 unspecified atom stereocenters. The minimum atomic E-state index is -0.386. The third kappa shape index (κ3) is 5.52. The second-order valence-electron chi connectivity index (χ2n) is 5.49. The second kappa shape index (κ2) is 8.89. The van der Waals surface area contributed by atoms with Crippen LogP contribution in [0.5, 0.6) is 0 Å². The Kier molecular flexibility index (Phi) is 6.86. The standard InChI is InChI=1S/C16H19Cl2N3O2/c17-13-8-4-7-12(15(13)18)9-20-21-14(22)10-19-16(23)11-5-2-1-3-6-11/h4,7-9,11H,1-3,5-6,10H2,(H,19,23)(H,21,22). The molecule has 2 rings (SSSR count). The monoisotopic (exact) mass is 355 g/mol. The minimum Gasteiger partial charge on any atom is -0.347 e. The van der Waals surface area contributed by atoms with E-state index in [-0.39, 0.29) is 24.3 Å². The Hall–Kier alpha value is -1.59. The predicted octanol–water partition coefficient (Wildman–Crippen LogP) is 3.14. The summed E-state index contributed by atoms with van der Waals surface area (Å²) in [5, 5.41) is 7.26. The Bertz CT molecular complexity index is 599. The highest BCUT2D eigenvalue weighted by atomic mass is 35.5. The summed E-state index contributed by atoms with van der Waals surface area (Å²) >= 11 is 11.9. The van der Waals surface area contributed by atoms with E-state index in [2.05, 4.69) is 15.8 Å². The van der Waals surface area contributed by atoms with Crippen molar-refractivity contribution in [1.29, 1.82) is 0 Å². The Morgan fingerprint density at radius 3 is 2.70 bits per heavy atom. The van der Waals surface area contributed by atoms with Gasteiger partial charge in [-0.2, -0.15) is 5.10 Å². The van der Waals surface area contributed by atoms with E-state index in [9.17, 15) is 9.59 Å². The largest absolute Gasteiger partial charge is 0.347 e. The Morgan fingerprint density at radius 2 is 1.96 bits per heavy atom. The van der Waals surface area contributed by atoms with Crippen LogP contribution in [0.4, 0.5) is 0 Å². The molecule has 0 aromatic heterocycles. The fourth-order valence-corrected chi connectivity index (χ4v) is 2.87. The lowest BCUT2D eigenvalue weighted by molar-refractivity contribution is -0.129. The molecule has 0 heterocycles. The fourth-order valence-electron chi connectivity index (χ4n) is 2.51. The maximum atomic E-state index is 11.9. The number of hydrazone groups is 1. The molecule has 1 aliphatic carbocycles. The summed E-state index contributed by atoms with van der Waals surface area (Å²) in [6.07, 6.45) is 6.56. The van der Waals surface area contributed by atoms with Gasteiger partial charge in [-0.1, -0.05) is 54.6 Å². The van der Waals surface area contributed by atoms with Crippen LogP contribution in [-0.2, 0) is 9.59 Å². The third-order valence-corrected chi connectivity index (χ3v) is 4.61. The number of rotatable bonds is 5. The molecule has 2 N–H and O–H groups in total. The molecule has 1 aromatic rings. The number of hydrogen-bond donors (Lipinski definition) is 2. The molecule has 0 spiro atoms. The van der Waals surface area contributed by atoms with Crippen molar-refractivity contribution in [2.45, 2.75) is 32.1 Å². The van der Waals surface area contributed by atoms with Crippen LogP contribution in [0.15, 0.2) is 23.3 Å². The number of carbonyl (C=O) groups is 2. The van der Waals surface area contributed by atoms with Gasteiger partial charge in [0.05, 0.1) is 22.8 Å². The lowest BCUT2D eigenvalue weighted by Gasteiger charge is -2.20. The molecule has 0 aliphatic heterocycles. The molecule has 0 saturated heterocycles. The summed E-state index contributed by atoms with van der Waals surface area (Å²) in [4.78, 5) is 23.6. The highest BCUT2D eigenvalue weighted by Crippen LogP contribution is 2.24. The number of halogens is 2. The quantitative estimate of drug-likeness (QED) is 0.629. The van der Waals surface area contributed by atoms with Crippen molar-refractivity contribution >= 4 is 41.2 Å². The lowest BCUT2D eigenvalue weighted by Crippen LogP contribution is -2.38. The Balaban J connectivity index is 1.75. The van der Waals surface area contributed by atoms with Crippen LogP contribution >= 0.6 is 23.2 Å². The molecule has 2 amide bonds. The van der Waals surface area contributed by atoms with Gasteiger partial charge < -0.3 is 5.32 Å². The fraction of sp³-hybridized carbons (Fsp3) is 0.438. The molecule has 124 valence electrons. The van der Waals surface area contributed by atoms with Gasteiger partial charge in [-0.25, -0.2) is 5.43 Å². The first-order valence-electron chi connectivity index (χ1n) is 7.61. The van der Waals surface area contributed by atoms with Crippen LogP contribution < -0.4 is 10.7 Å². The minimum absolute atomic E-state index is 0.0327. The van der Waals surface area contributed by atoms with Gasteiger partial charge >= 0.3 is 0 Å². The van der Waals surface area contributed by atoms with E-state index in [0.717, 1.165) is 25.7 Å². The summed E-state index contributed by atoms with van der Waals surface area (Å²) in [5.74, 6) is -0.407. The van der Waals surface area contributed by atoms with Gasteiger partial charge in [-0.3, -0.25) is 9.59 Å². The van der Waals surface area contributed by atoms with Crippen molar-refractivity contribution in [3.63, 3.8) is 0 Å². The van der Waals surface area contributed by atoms with Gasteiger partial charge in [-0.05, 0) is 18.9 Å². The highest BCUT2D eigenvalue weighted by molar-refractivity contribution is 6.43. The van der Waals surface area contributed by atoms with Crippen molar-refractivity contribution in [2.24, 2.45) is 11.0 Å². The zero-order valence-corrected chi connectivity index (χ0v) is 14.2. The van der Waals surface area contributed by atoms with Crippen molar-refractivity contribution in [1.82, 2.24) is 10.7 Å². The highest BCUT2D eigenvalue weighted by Gasteiger charge is 2.21. The molecule has 0 radical (unpaired) electrons. The Morgan fingerprint density at radius 1 is 1.22 bits per heavy atom. The van der Waals surface area contributed by atoms with Crippen LogP contribution in [0.1, 0.15) is 37.7 Å². The van der Waals surface area contributed by atoms with Gasteiger partial charge in [0.25, 0.3) is 5.91 Å². The number of nitrogens with one attached hydrogen (secondary N) is 2. The molecule has 1 aromatic carbocycles. The van der Waals surface area contributed by atoms with Crippen molar-refractivity contribution in [3.05, 3.63) is 33.8 Å². The maximum Gasteiger partial charge on any atom is 0.259 e. The van der Waals surface area contributed by atoms with Gasteiger partial charge in [-0.15, -0.1) is 0 Å². The van der Waals surface area contributed by atoms with Gasteiger partial charge in [0.15, 0.2) is 0 Å². The van der Waals surface area contributed by atoms with Gasteiger partial charge in [0, 0.05) is 11.5 Å². The normalized spacial score (nSPS) is 15.6. The molecule has 1 saturated carbocycles. The van der Waals surface area contributed by atoms with E-state index < -0.39 is 0 Å². The predicted molar refractivity (Wildman–Crippen MR) is 91.8 cm³/mol. The zero-order chi connectivity index (χ0) is 16.7. The number of hydrogen-bond acceptors (Lipinski definition) is 3. The first kappa shape index (κ1) is 17.8. The van der Waals surface area contributed by atoms with E-state index in [0.29, 0.717) is 15.6 Å². The average Bonchev–Trinajstić information content (AvgIpc) is 2.57. The van der Waals surface area contributed by atoms with Crippen molar-refractivity contribution in [3.8, 4) is 0 Å². The molecule has 7 heteroatoms. The van der Waals surface area contributed by atoms with Crippen LogP contribution in [0, 0.1) is 5.92 Å². The summed E-state index contributed by atoms with van der Waals surface area (Å²) in [5.41, 5.74) is 2.95. The van der Waals surface area contributed by atoms with E-state index >= 15 is 0 Å². The smallest absolute Gasteiger partial charge is 0.259 e. The molecule has 1 fully saturated rings. The molecular formula is C16H19Cl2N3O2. The first-order chi connectivity index (χ1) is 11.1. The van der Waals surface area contributed by atoms with Crippen LogP contribution in [-0.4, -0.2) is 24.6 Å². The van der Waals surface area contributed by atoms with Crippen molar-refractivity contribution < 1.29 is 9.59 Å². The van der Waals surface area contributed by atoms with E-state index in [4.69, 9.17) is 23.2 Å². The SMILES string of the molecule is O=C(CNC(=O)C1CCCCC1)NN=Cc1cccc(Cl)c1Cl. The number of carbonyl (C=O) groups excluding carboxylic acids is 2. The number of nitrogens with zero attached hydrogens (tertiary/aromatic N) is 1. The second-order valence-corrected chi connectivity index (χ2v) is 6.27. The molecule has 0 atom stereocenters. The van der Waals surface area contributed by atoms with Crippen LogP contribution in [0.2, 0.25) is 10.0 Å². The third-order valence-electron chi connectivity index (χ3n) is 3.77. The summed E-state index contributed by atoms with van der Waals surface area (Å²) in [6, 6.07) is 5.14. The Labute approximate surface area is 145 Å². The summed E-state index contributed by atoms with van der Waals surface area (Å²) < 4.78 is 0. The molecule has 5 nitrogen and oxygen atoms in total. The average molecular weight is 356 g/mol. The molecular weight excluding hydrogens is 337 g/mol. The zero-order valence-electron chi connectivity index (χ0n) is 12.6. The molecule has 1 aliphatic rings. The van der Waals surface area contributed by atoms with Gasteiger partial charge in [0.1, 0.15) is 0 Å². The first-order valence-corrected chi connectivity index (χ1v) is 8.37. The van der Waals surface area contributed by atoms with Gasteiger partial charge in [0.2, 0.25) is 5.91 Å². The summed E-state index contributed by atoms with van der Waals surface area (Å²) in [7, 11) is 0. The topological polar surface area (TPSA) is 70.6 Å². The van der Waals surface area contributed by atoms with Crippen molar-refractivity contribution in [2.75, 3.05) is 6.54 Å². The number of benzene rings is 1. The molecule has 23 heavy (non-hydrogen) atoms. The van der Waals surface area contributed by atoms with E-state index in [1.807, 2.05) is 0 Å². The van der Waals surface area contributed by atoms with Crippen LogP contribution in [0.3, 0.4) is 0 Å². The summed E-state index contributed by atoms with van der Waals surface area (Å²) in [6.45, 7) is -0.0873. The molecule has 0 bridgehead atoms. The van der Waals surface area contributed by atoms with Crippen LogP contribution in [0.25, 0.3) is 0 Å². The lowest BCUT2D eigenvalue weighted by atomic mass is 9.89. The van der Waals surface area contributed by atoms with E-state index in [1.54, 1.807) is 18.2 Å².